The van der Waals surface area contributed by atoms with Crippen molar-refractivity contribution in [1.29, 1.82) is 0 Å². The Kier molecular flexibility index (Phi) is 4.86. The molecular weight excluding hydrogens is 464 g/mol. The van der Waals surface area contributed by atoms with Crippen LogP contribution in [-0.4, -0.2) is 34.8 Å². The number of likely N-dealkylation sites (tertiary alicyclic amines) is 1. The normalized spacial score (nSPS) is 21.2. The van der Waals surface area contributed by atoms with E-state index < -0.39 is 11.0 Å². The fourth-order valence-corrected chi connectivity index (χ4v) is 5.98. The zero-order chi connectivity index (χ0) is 25.0. The minimum atomic E-state index is -0.716. The van der Waals surface area contributed by atoms with Gasteiger partial charge in [0.1, 0.15) is 12.4 Å². The van der Waals surface area contributed by atoms with Crippen molar-refractivity contribution in [3.05, 3.63) is 107 Å². The molecule has 1 amide bonds. The van der Waals surface area contributed by atoms with E-state index in [0.717, 1.165) is 46.2 Å². The summed E-state index contributed by atoms with van der Waals surface area (Å²) in [7, 11) is 0. The van der Waals surface area contributed by atoms with E-state index in [0.29, 0.717) is 31.7 Å². The number of fused-ring (bicyclic) bond motifs is 3. The molecule has 184 valence electrons. The topological polar surface area (TPSA) is 68.7 Å². The maximum absolute atomic E-state index is 13.7. The second-order valence-electron chi connectivity index (χ2n) is 10.3. The monoisotopic (exact) mass is 490 g/mol. The number of rotatable bonds is 5. The van der Waals surface area contributed by atoms with Crippen molar-refractivity contribution in [2.24, 2.45) is 0 Å². The second kappa shape index (κ2) is 8.17. The smallest absolute Gasteiger partial charge is 0.339 e. The minimum Gasteiger partial charge on any atom is -0.487 e. The van der Waals surface area contributed by atoms with E-state index in [9.17, 15) is 9.59 Å². The fourth-order valence-electron chi connectivity index (χ4n) is 5.98. The van der Waals surface area contributed by atoms with Crippen LogP contribution in [0.15, 0.2) is 85.1 Å². The van der Waals surface area contributed by atoms with Crippen molar-refractivity contribution in [3.8, 4) is 5.75 Å². The molecule has 0 N–H and O–H groups in total. The number of nitrogens with zero attached hydrogens (tertiary/aromatic N) is 2. The Morgan fingerprint density at radius 1 is 0.946 bits per heavy atom. The molecule has 3 aliphatic rings. The lowest BCUT2D eigenvalue weighted by Crippen LogP contribution is -2.40. The number of benzene rings is 3. The second-order valence-corrected chi connectivity index (χ2v) is 10.3. The fraction of sp³-hybridized carbons (Fsp3) is 0.258. The van der Waals surface area contributed by atoms with E-state index in [1.807, 2.05) is 65.6 Å². The van der Waals surface area contributed by atoms with Gasteiger partial charge in [-0.1, -0.05) is 54.6 Å². The number of carbonyl (C=O) groups excluding carboxylic acids is 2. The van der Waals surface area contributed by atoms with Gasteiger partial charge in [0.05, 0.1) is 23.2 Å². The number of aromatic nitrogens is 1. The number of hydrogen-bond acceptors (Lipinski definition) is 5. The molecule has 1 saturated heterocycles. The Bertz CT molecular complexity index is 1540. The molecule has 1 aliphatic carbocycles. The third-order valence-corrected chi connectivity index (χ3v) is 8.14. The molecule has 0 radical (unpaired) electrons. The van der Waals surface area contributed by atoms with Crippen molar-refractivity contribution in [2.75, 3.05) is 13.1 Å². The van der Waals surface area contributed by atoms with Crippen LogP contribution in [0.25, 0.3) is 10.8 Å². The van der Waals surface area contributed by atoms with E-state index in [2.05, 4.69) is 17.1 Å². The summed E-state index contributed by atoms with van der Waals surface area (Å²) in [5, 5.41) is 2.23. The van der Waals surface area contributed by atoms with Gasteiger partial charge in [0.25, 0.3) is 0 Å². The lowest BCUT2D eigenvalue weighted by atomic mass is 9.91. The molecule has 2 fully saturated rings. The van der Waals surface area contributed by atoms with Gasteiger partial charge in [0.2, 0.25) is 5.91 Å². The molecule has 1 spiro atoms. The SMILES string of the molecule is O=C1OC2(CCN(C(=O)C3(c4ccc(OCc5nccc6ccccc56)cc4)CC3)C2)c2ccccc21. The summed E-state index contributed by atoms with van der Waals surface area (Å²) in [6, 6.07) is 25.6. The average molecular weight is 491 g/mol. The number of pyridine rings is 1. The summed E-state index contributed by atoms with van der Waals surface area (Å²) in [6.45, 7) is 1.37. The Hall–Kier alpha value is -4.19. The van der Waals surface area contributed by atoms with Crippen molar-refractivity contribution in [2.45, 2.75) is 36.9 Å². The molecule has 6 nitrogen and oxygen atoms in total. The van der Waals surface area contributed by atoms with Gasteiger partial charge >= 0.3 is 5.97 Å². The zero-order valence-electron chi connectivity index (χ0n) is 20.4. The quantitative estimate of drug-likeness (QED) is 0.362. The van der Waals surface area contributed by atoms with Crippen molar-refractivity contribution < 1.29 is 19.1 Å². The van der Waals surface area contributed by atoms with E-state index in [1.54, 1.807) is 12.3 Å². The van der Waals surface area contributed by atoms with Crippen LogP contribution >= 0.6 is 0 Å². The first-order valence-electron chi connectivity index (χ1n) is 12.8. The van der Waals surface area contributed by atoms with E-state index in [4.69, 9.17) is 9.47 Å². The Morgan fingerprint density at radius 3 is 2.57 bits per heavy atom. The number of ether oxygens (including phenoxy) is 2. The van der Waals surface area contributed by atoms with Crippen molar-refractivity contribution in [3.63, 3.8) is 0 Å². The highest BCUT2D eigenvalue weighted by atomic mass is 16.6. The number of esters is 1. The summed E-state index contributed by atoms with van der Waals surface area (Å²) >= 11 is 0. The van der Waals surface area contributed by atoms with Gasteiger partial charge in [-0.2, -0.15) is 0 Å². The molecule has 0 bridgehead atoms. The van der Waals surface area contributed by atoms with Gasteiger partial charge in [-0.05, 0) is 48.1 Å². The van der Waals surface area contributed by atoms with Gasteiger partial charge in [0, 0.05) is 30.1 Å². The zero-order valence-corrected chi connectivity index (χ0v) is 20.4. The first-order chi connectivity index (χ1) is 18.1. The summed E-state index contributed by atoms with van der Waals surface area (Å²) in [5.41, 5.74) is 2.22. The number of amides is 1. The van der Waals surface area contributed by atoms with Crippen molar-refractivity contribution in [1.82, 2.24) is 9.88 Å². The number of carbonyl (C=O) groups is 2. The molecular formula is C31H26N2O4. The van der Waals surface area contributed by atoms with Crippen LogP contribution in [0, 0.1) is 0 Å². The van der Waals surface area contributed by atoms with E-state index in [-0.39, 0.29) is 11.9 Å². The average Bonchev–Trinajstić information content (AvgIpc) is 3.57. The van der Waals surface area contributed by atoms with E-state index in [1.165, 1.54) is 0 Å². The molecule has 3 heterocycles. The van der Waals surface area contributed by atoms with Crippen LogP contribution < -0.4 is 4.74 Å². The van der Waals surface area contributed by atoms with Gasteiger partial charge in [0.15, 0.2) is 5.60 Å². The molecule has 1 saturated carbocycles. The van der Waals surface area contributed by atoms with Gasteiger partial charge in [-0.3, -0.25) is 9.78 Å². The standard InChI is InChI=1S/C31H26N2O4/c34-28-25-7-3-4-8-26(25)31(37-28)16-18-33(20-31)29(35)30(14-15-30)22-9-11-23(12-10-22)36-19-27-24-6-2-1-5-21(24)13-17-32-27/h1-13,17H,14-16,18-20H2. The van der Waals surface area contributed by atoms with Crippen LogP contribution in [0.1, 0.15) is 46.4 Å². The highest BCUT2D eigenvalue weighted by Gasteiger charge is 2.57. The summed E-state index contributed by atoms with van der Waals surface area (Å²) < 4.78 is 11.9. The summed E-state index contributed by atoms with van der Waals surface area (Å²) in [5.74, 6) is 0.579. The Balaban J connectivity index is 1.06. The lowest BCUT2D eigenvalue weighted by molar-refractivity contribution is -0.134. The first-order valence-corrected chi connectivity index (χ1v) is 12.8. The molecule has 4 aromatic rings. The summed E-state index contributed by atoms with van der Waals surface area (Å²) in [6.07, 6.45) is 4.09. The molecule has 3 aromatic carbocycles. The minimum absolute atomic E-state index is 0.124. The highest BCUT2D eigenvalue weighted by molar-refractivity contribution is 5.96. The highest BCUT2D eigenvalue weighted by Crippen LogP contribution is 2.52. The van der Waals surface area contributed by atoms with Crippen molar-refractivity contribution >= 4 is 22.6 Å². The summed E-state index contributed by atoms with van der Waals surface area (Å²) in [4.78, 5) is 32.5. The van der Waals surface area contributed by atoms with Crippen LogP contribution in [-0.2, 0) is 27.2 Å². The predicted molar refractivity (Wildman–Crippen MR) is 138 cm³/mol. The van der Waals surface area contributed by atoms with E-state index >= 15 is 0 Å². The largest absolute Gasteiger partial charge is 0.487 e. The van der Waals surface area contributed by atoms with Gasteiger partial charge in [-0.15, -0.1) is 0 Å². The molecule has 37 heavy (non-hydrogen) atoms. The molecule has 7 rings (SSSR count). The molecule has 1 aromatic heterocycles. The Labute approximate surface area is 214 Å². The van der Waals surface area contributed by atoms with Gasteiger partial charge < -0.3 is 14.4 Å². The van der Waals surface area contributed by atoms with Gasteiger partial charge in [-0.25, -0.2) is 4.79 Å². The van der Waals surface area contributed by atoms with Crippen LogP contribution in [0.4, 0.5) is 0 Å². The molecule has 2 aliphatic heterocycles. The lowest BCUT2D eigenvalue weighted by Gasteiger charge is -2.27. The first kappa shape index (κ1) is 22.0. The molecule has 6 heteroatoms. The maximum Gasteiger partial charge on any atom is 0.339 e. The number of hydrogen-bond donors (Lipinski definition) is 0. The third kappa shape index (κ3) is 3.50. The van der Waals surface area contributed by atoms with Crippen LogP contribution in [0.5, 0.6) is 5.75 Å². The molecule has 1 unspecified atom stereocenters. The van der Waals surface area contributed by atoms with Crippen LogP contribution in [0.2, 0.25) is 0 Å². The molecule has 1 atom stereocenters. The van der Waals surface area contributed by atoms with Crippen LogP contribution in [0.3, 0.4) is 0 Å². The third-order valence-electron chi connectivity index (χ3n) is 8.14. The Morgan fingerprint density at radius 2 is 1.73 bits per heavy atom. The predicted octanol–water partition coefficient (Wildman–Crippen LogP) is 5.14. The maximum atomic E-state index is 13.7.